The second kappa shape index (κ2) is 6.38. The minimum Gasteiger partial charge on any atom is -0.391 e. The quantitative estimate of drug-likeness (QED) is 0.690. The summed E-state index contributed by atoms with van der Waals surface area (Å²) in [4.78, 5) is 2.43. The third-order valence-corrected chi connectivity index (χ3v) is 2.91. The van der Waals surface area contributed by atoms with Crippen molar-refractivity contribution in [3.05, 3.63) is 0 Å². The largest absolute Gasteiger partial charge is 0.391 e. The molecular weight excluding hydrogens is 176 g/mol. The van der Waals surface area contributed by atoms with E-state index in [1.54, 1.807) is 0 Å². The molecular formula is C11H24N2O. The topological polar surface area (TPSA) is 35.5 Å². The molecule has 0 aromatic carbocycles. The van der Waals surface area contributed by atoms with Crippen molar-refractivity contribution >= 4 is 0 Å². The molecule has 1 rings (SSSR count). The van der Waals surface area contributed by atoms with Gasteiger partial charge in [0.25, 0.3) is 0 Å². The van der Waals surface area contributed by atoms with Crippen molar-refractivity contribution in [3.63, 3.8) is 0 Å². The van der Waals surface area contributed by atoms with Crippen molar-refractivity contribution in [3.8, 4) is 0 Å². The number of nitrogens with zero attached hydrogens (tertiary/aromatic N) is 1. The summed E-state index contributed by atoms with van der Waals surface area (Å²) < 4.78 is 0. The Bertz CT molecular complexity index is 146. The highest BCUT2D eigenvalue weighted by atomic mass is 16.3. The molecule has 14 heavy (non-hydrogen) atoms. The van der Waals surface area contributed by atoms with E-state index in [0.29, 0.717) is 6.04 Å². The van der Waals surface area contributed by atoms with Crippen molar-refractivity contribution in [2.24, 2.45) is 0 Å². The highest BCUT2D eigenvalue weighted by molar-refractivity contribution is 4.85. The van der Waals surface area contributed by atoms with Gasteiger partial charge in [0.15, 0.2) is 0 Å². The zero-order chi connectivity index (χ0) is 10.4. The molecule has 3 heteroatoms. The number of aliphatic hydroxyl groups excluding tert-OH is 1. The van der Waals surface area contributed by atoms with Crippen molar-refractivity contribution < 1.29 is 5.11 Å². The molecule has 2 N–H and O–H groups in total. The molecule has 0 amide bonds. The Kier molecular flexibility index (Phi) is 5.45. The Morgan fingerprint density at radius 3 is 2.43 bits per heavy atom. The molecule has 1 aliphatic heterocycles. The molecule has 3 nitrogen and oxygen atoms in total. The van der Waals surface area contributed by atoms with E-state index >= 15 is 0 Å². The predicted molar refractivity (Wildman–Crippen MR) is 59.4 cm³/mol. The summed E-state index contributed by atoms with van der Waals surface area (Å²) in [6.07, 6.45) is 3.11. The lowest BCUT2D eigenvalue weighted by atomic mass is 10.0. The molecule has 0 aromatic heterocycles. The zero-order valence-corrected chi connectivity index (χ0v) is 9.50. The Hall–Kier alpha value is -0.120. The van der Waals surface area contributed by atoms with Gasteiger partial charge in [-0.15, -0.1) is 0 Å². The van der Waals surface area contributed by atoms with Gasteiger partial charge in [0, 0.05) is 12.6 Å². The fourth-order valence-corrected chi connectivity index (χ4v) is 2.22. The van der Waals surface area contributed by atoms with Crippen molar-refractivity contribution in [1.82, 2.24) is 10.2 Å². The number of piperidine rings is 1. The van der Waals surface area contributed by atoms with Crippen LogP contribution in [0.2, 0.25) is 0 Å². The van der Waals surface area contributed by atoms with E-state index in [1.807, 2.05) is 0 Å². The monoisotopic (exact) mass is 200 g/mol. The van der Waals surface area contributed by atoms with Crippen molar-refractivity contribution in [1.29, 1.82) is 0 Å². The van der Waals surface area contributed by atoms with E-state index < -0.39 is 0 Å². The minimum atomic E-state index is -0.130. The molecule has 0 aliphatic carbocycles. The summed E-state index contributed by atoms with van der Waals surface area (Å²) in [6.45, 7) is 8.52. The first-order valence-corrected chi connectivity index (χ1v) is 5.92. The van der Waals surface area contributed by atoms with Crippen LogP contribution in [0.3, 0.4) is 0 Å². The lowest BCUT2D eigenvalue weighted by Gasteiger charge is -2.37. The normalized spacial score (nSPS) is 28.3. The van der Waals surface area contributed by atoms with E-state index in [-0.39, 0.29) is 6.10 Å². The summed E-state index contributed by atoms with van der Waals surface area (Å²) in [6, 6.07) is 0.337. The highest BCUT2D eigenvalue weighted by Crippen LogP contribution is 2.12. The van der Waals surface area contributed by atoms with Gasteiger partial charge in [0.05, 0.1) is 6.10 Å². The Labute approximate surface area is 87.5 Å². The molecule has 0 aromatic rings. The molecule has 1 saturated heterocycles. The van der Waals surface area contributed by atoms with Crippen LogP contribution >= 0.6 is 0 Å². The zero-order valence-electron chi connectivity index (χ0n) is 9.50. The third kappa shape index (κ3) is 3.23. The van der Waals surface area contributed by atoms with Gasteiger partial charge in [-0.3, -0.25) is 4.90 Å². The van der Waals surface area contributed by atoms with Gasteiger partial charge in [-0.25, -0.2) is 0 Å². The smallest absolute Gasteiger partial charge is 0.0719 e. The second-order valence-electron chi connectivity index (χ2n) is 4.16. The molecule has 1 aliphatic rings. The van der Waals surface area contributed by atoms with Crippen LogP contribution in [0, 0.1) is 0 Å². The van der Waals surface area contributed by atoms with Crippen LogP contribution < -0.4 is 5.32 Å². The molecule has 0 saturated carbocycles. The average molecular weight is 200 g/mol. The van der Waals surface area contributed by atoms with Crippen LogP contribution in [0.15, 0.2) is 0 Å². The van der Waals surface area contributed by atoms with Gasteiger partial charge < -0.3 is 10.4 Å². The van der Waals surface area contributed by atoms with E-state index in [4.69, 9.17) is 0 Å². The Balaban J connectivity index is 2.46. The summed E-state index contributed by atoms with van der Waals surface area (Å²) in [5, 5.41) is 13.3. The Morgan fingerprint density at radius 2 is 1.93 bits per heavy atom. The molecule has 0 unspecified atom stereocenters. The van der Waals surface area contributed by atoms with Crippen LogP contribution in [0.4, 0.5) is 0 Å². The maximum atomic E-state index is 9.91. The Morgan fingerprint density at radius 1 is 1.29 bits per heavy atom. The summed E-state index contributed by atoms with van der Waals surface area (Å²) in [5.41, 5.74) is 0. The van der Waals surface area contributed by atoms with Crippen LogP contribution in [-0.4, -0.2) is 48.3 Å². The second-order valence-corrected chi connectivity index (χ2v) is 4.16. The van der Waals surface area contributed by atoms with Gasteiger partial charge in [-0.05, 0) is 38.9 Å². The summed E-state index contributed by atoms with van der Waals surface area (Å²) >= 11 is 0. The lowest BCUT2D eigenvalue weighted by Crippen LogP contribution is -2.54. The standard InChI is InChI=1S/C11H24N2O/c1-3-7-13(8-4-2)10-9-12-6-5-11(10)14/h10-12,14H,3-9H2,1-2H3/t10-,11-/m0/s1. The first-order valence-electron chi connectivity index (χ1n) is 5.92. The first-order chi connectivity index (χ1) is 6.79. The molecule has 84 valence electrons. The lowest BCUT2D eigenvalue weighted by molar-refractivity contribution is 0.0280. The minimum absolute atomic E-state index is 0.130. The maximum Gasteiger partial charge on any atom is 0.0719 e. The average Bonchev–Trinajstić information content (AvgIpc) is 2.18. The SMILES string of the molecule is CCCN(CCC)[C@H]1CNCC[C@@H]1O. The number of aliphatic hydroxyl groups is 1. The van der Waals surface area contributed by atoms with Gasteiger partial charge >= 0.3 is 0 Å². The first kappa shape index (κ1) is 12.0. The number of rotatable bonds is 5. The molecule has 2 atom stereocenters. The summed E-state index contributed by atoms with van der Waals surface area (Å²) in [5.74, 6) is 0. The fourth-order valence-electron chi connectivity index (χ4n) is 2.22. The number of nitrogens with one attached hydrogen (secondary N) is 1. The van der Waals surface area contributed by atoms with E-state index in [2.05, 4.69) is 24.1 Å². The van der Waals surface area contributed by atoms with Crippen LogP contribution in [0.5, 0.6) is 0 Å². The third-order valence-electron chi connectivity index (χ3n) is 2.91. The molecule has 0 radical (unpaired) electrons. The van der Waals surface area contributed by atoms with Crippen molar-refractivity contribution in [2.75, 3.05) is 26.2 Å². The number of hydrogen-bond acceptors (Lipinski definition) is 3. The van der Waals surface area contributed by atoms with E-state index in [9.17, 15) is 5.11 Å². The maximum absolute atomic E-state index is 9.91. The molecule has 0 spiro atoms. The number of hydrogen-bond donors (Lipinski definition) is 2. The highest BCUT2D eigenvalue weighted by Gasteiger charge is 2.27. The van der Waals surface area contributed by atoms with Gasteiger partial charge in [0.2, 0.25) is 0 Å². The van der Waals surface area contributed by atoms with Crippen LogP contribution in [0.25, 0.3) is 0 Å². The summed E-state index contributed by atoms with van der Waals surface area (Å²) in [7, 11) is 0. The molecule has 1 fully saturated rings. The van der Waals surface area contributed by atoms with Gasteiger partial charge in [-0.2, -0.15) is 0 Å². The van der Waals surface area contributed by atoms with E-state index in [1.165, 1.54) is 12.8 Å². The molecule has 1 heterocycles. The van der Waals surface area contributed by atoms with Crippen molar-refractivity contribution in [2.45, 2.75) is 45.3 Å². The fraction of sp³-hybridized carbons (Fsp3) is 1.00. The van der Waals surface area contributed by atoms with Gasteiger partial charge in [-0.1, -0.05) is 13.8 Å². The van der Waals surface area contributed by atoms with Crippen LogP contribution in [-0.2, 0) is 0 Å². The predicted octanol–water partition coefficient (Wildman–Crippen LogP) is 0.831. The molecule has 0 bridgehead atoms. The van der Waals surface area contributed by atoms with Crippen LogP contribution in [0.1, 0.15) is 33.1 Å². The van der Waals surface area contributed by atoms with E-state index in [0.717, 1.165) is 32.6 Å². The van der Waals surface area contributed by atoms with Gasteiger partial charge in [0.1, 0.15) is 0 Å².